The van der Waals surface area contributed by atoms with Crippen molar-refractivity contribution >= 4 is 5.94 Å². The summed E-state index contributed by atoms with van der Waals surface area (Å²) in [5.41, 5.74) is -0.300. The number of hydroxylamine groups is 2. The average Bonchev–Trinajstić information content (AvgIpc) is 2.48. The SMILES string of the molecule is CC(C)(C)ON1CCC[C@@H]1C(O)=C=O. The van der Waals surface area contributed by atoms with E-state index >= 15 is 0 Å². The number of hydrogen-bond donors (Lipinski definition) is 1. The molecule has 1 N–H and O–H groups in total. The van der Waals surface area contributed by atoms with Gasteiger partial charge in [-0.2, -0.15) is 5.06 Å². The minimum absolute atomic E-state index is 0.258. The van der Waals surface area contributed by atoms with Crippen molar-refractivity contribution in [2.24, 2.45) is 0 Å². The van der Waals surface area contributed by atoms with Gasteiger partial charge in [-0.3, -0.25) is 4.84 Å². The molecule has 14 heavy (non-hydrogen) atoms. The van der Waals surface area contributed by atoms with Gasteiger partial charge in [0, 0.05) is 6.54 Å². The number of rotatable bonds is 2. The molecule has 0 aliphatic carbocycles. The van der Waals surface area contributed by atoms with Gasteiger partial charge in [-0.15, -0.1) is 0 Å². The number of nitrogens with zero attached hydrogens (tertiary/aromatic N) is 1. The zero-order valence-corrected chi connectivity index (χ0v) is 8.91. The number of hydrogen-bond acceptors (Lipinski definition) is 4. The molecule has 1 aliphatic heterocycles. The first-order valence-corrected chi connectivity index (χ1v) is 4.84. The van der Waals surface area contributed by atoms with Crippen LogP contribution in [-0.2, 0) is 9.63 Å². The first-order chi connectivity index (χ1) is 6.44. The Morgan fingerprint density at radius 2 is 2.21 bits per heavy atom. The van der Waals surface area contributed by atoms with Crippen LogP contribution in [0.15, 0.2) is 5.76 Å². The fourth-order valence-corrected chi connectivity index (χ4v) is 1.54. The van der Waals surface area contributed by atoms with Crippen molar-refractivity contribution in [3.63, 3.8) is 0 Å². The highest BCUT2D eigenvalue weighted by atomic mass is 16.7. The van der Waals surface area contributed by atoms with Gasteiger partial charge in [0.15, 0.2) is 11.7 Å². The van der Waals surface area contributed by atoms with Crippen LogP contribution in [0, 0.1) is 0 Å². The summed E-state index contributed by atoms with van der Waals surface area (Å²) in [6.07, 6.45) is 1.67. The van der Waals surface area contributed by atoms with Gasteiger partial charge >= 0.3 is 0 Å². The van der Waals surface area contributed by atoms with Crippen molar-refractivity contribution in [2.45, 2.75) is 45.3 Å². The maximum atomic E-state index is 10.3. The van der Waals surface area contributed by atoms with Crippen LogP contribution in [-0.4, -0.2) is 34.3 Å². The maximum absolute atomic E-state index is 10.3. The van der Waals surface area contributed by atoms with E-state index in [0.717, 1.165) is 19.4 Å². The molecule has 0 radical (unpaired) electrons. The van der Waals surface area contributed by atoms with Crippen LogP contribution in [0.3, 0.4) is 0 Å². The third-order valence-corrected chi connectivity index (χ3v) is 2.02. The molecule has 80 valence electrons. The topological polar surface area (TPSA) is 49.8 Å². The van der Waals surface area contributed by atoms with Crippen molar-refractivity contribution in [3.8, 4) is 0 Å². The van der Waals surface area contributed by atoms with E-state index < -0.39 is 0 Å². The first kappa shape index (κ1) is 11.2. The van der Waals surface area contributed by atoms with Crippen molar-refractivity contribution in [3.05, 3.63) is 5.76 Å². The van der Waals surface area contributed by atoms with E-state index in [1.807, 2.05) is 20.8 Å². The zero-order chi connectivity index (χ0) is 10.8. The molecule has 0 bridgehead atoms. The standard InChI is InChI=1S/C10H17NO3/c1-10(2,3)14-11-6-4-5-8(11)9(13)7-12/h8,13H,4-6H2,1-3H3/t8-/m1/s1. The number of aliphatic hydroxyl groups is 1. The van der Waals surface area contributed by atoms with Gasteiger partial charge < -0.3 is 5.11 Å². The lowest BCUT2D eigenvalue weighted by atomic mass is 10.2. The molecule has 0 saturated carbocycles. The van der Waals surface area contributed by atoms with Gasteiger partial charge in [0.2, 0.25) is 0 Å². The Balaban J connectivity index is 2.65. The third kappa shape index (κ3) is 2.84. The van der Waals surface area contributed by atoms with Crippen molar-refractivity contribution in [1.29, 1.82) is 0 Å². The fraction of sp³-hybridized carbons (Fsp3) is 0.800. The Kier molecular flexibility index (Phi) is 3.32. The first-order valence-electron chi connectivity index (χ1n) is 4.84. The zero-order valence-electron chi connectivity index (χ0n) is 8.91. The van der Waals surface area contributed by atoms with Crippen LogP contribution < -0.4 is 0 Å². The van der Waals surface area contributed by atoms with Gasteiger partial charge in [-0.1, -0.05) is 0 Å². The predicted molar refractivity (Wildman–Crippen MR) is 52.4 cm³/mol. The fourth-order valence-electron chi connectivity index (χ4n) is 1.54. The molecule has 1 fully saturated rings. The van der Waals surface area contributed by atoms with E-state index in [1.165, 1.54) is 5.94 Å². The lowest BCUT2D eigenvalue weighted by Crippen LogP contribution is -2.38. The third-order valence-electron chi connectivity index (χ3n) is 2.02. The quantitative estimate of drug-likeness (QED) is 0.540. The van der Waals surface area contributed by atoms with Crippen molar-refractivity contribution < 1.29 is 14.7 Å². The lowest BCUT2D eigenvalue weighted by Gasteiger charge is -2.29. The van der Waals surface area contributed by atoms with Crippen LogP contribution in [0.5, 0.6) is 0 Å². The molecule has 0 aromatic carbocycles. The second kappa shape index (κ2) is 4.13. The highest BCUT2D eigenvalue weighted by Crippen LogP contribution is 2.24. The maximum Gasteiger partial charge on any atom is 0.196 e. The summed E-state index contributed by atoms with van der Waals surface area (Å²) in [6.45, 7) is 6.55. The van der Waals surface area contributed by atoms with Gasteiger partial charge in [-0.25, -0.2) is 4.79 Å². The number of carbonyl (C=O) groups excluding carboxylic acids is 1. The minimum Gasteiger partial charge on any atom is -0.501 e. The Bertz CT molecular complexity index is 251. The second-order valence-electron chi connectivity index (χ2n) is 4.49. The van der Waals surface area contributed by atoms with Crippen LogP contribution >= 0.6 is 0 Å². The van der Waals surface area contributed by atoms with Gasteiger partial charge in [0.05, 0.1) is 5.60 Å². The molecule has 1 rings (SSSR count). The van der Waals surface area contributed by atoms with E-state index in [1.54, 1.807) is 5.06 Å². The summed E-state index contributed by atoms with van der Waals surface area (Å²) in [5, 5.41) is 11.0. The average molecular weight is 199 g/mol. The van der Waals surface area contributed by atoms with Crippen LogP contribution in [0.2, 0.25) is 0 Å². The largest absolute Gasteiger partial charge is 0.501 e. The van der Waals surface area contributed by atoms with Crippen LogP contribution in [0.4, 0.5) is 0 Å². The smallest absolute Gasteiger partial charge is 0.196 e. The van der Waals surface area contributed by atoms with E-state index in [-0.39, 0.29) is 17.4 Å². The summed E-state index contributed by atoms with van der Waals surface area (Å²) in [6, 6.07) is -0.313. The van der Waals surface area contributed by atoms with E-state index in [4.69, 9.17) is 4.84 Å². The molecular weight excluding hydrogens is 182 g/mol. The Labute approximate surface area is 84.1 Å². The summed E-state index contributed by atoms with van der Waals surface area (Å²) in [4.78, 5) is 15.9. The Hall–Kier alpha value is -0.830. The molecule has 1 saturated heterocycles. The molecular formula is C10H17NO3. The number of aliphatic hydroxyl groups excluding tert-OH is 1. The summed E-state index contributed by atoms with van der Waals surface area (Å²) < 4.78 is 0. The second-order valence-corrected chi connectivity index (χ2v) is 4.49. The van der Waals surface area contributed by atoms with E-state index in [2.05, 4.69) is 0 Å². The van der Waals surface area contributed by atoms with Gasteiger partial charge in [-0.05, 0) is 33.6 Å². The molecule has 0 aromatic rings. The summed E-state index contributed by atoms with van der Waals surface area (Å²) in [5.74, 6) is 1.27. The normalized spacial score (nSPS) is 23.5. The van der Waals surface area contributed by atoms with E-state index in [0.29, 0.717) is 0 Å². The van der Waals surface area contributed by atoms with Gasteiger partial charge in [0.25, 0.3) is 0 Å². The summed E-state index contributed by atoms with van der Waals surface area (Å²) >= 11 is 0. The highest BCUT2D eigenvalue weighted by Gasteiger charge is 2.32. The molecule has 4 heteroatoms. The molecule has 0 unspecified atom stereocenters. The van der Waals surface area contributed by atoms with Crippen LogP contribution in [0.25, 0.3) is 0 Å². The monoisotopic (exact) mass is 199 g/mol. The van der Waals surface area contributed by atoms with Gasteiger partial charge in [0.1, 0.15) is 6.04 Å². The Morgan fingerprint density at radius 1 is 1.57 bits per heavy atom. The molecule has 4 nitrogen and oxygen atoms in total. The molecule has 0 amide bonds. The molecule has 0 spiro atoms. The molecule has 0 aromatic heterocycles. The Morgan fingerprint density at radius 3 is 2.71 bits per heavy atom. The van der Waals surface area contributed by atoms with Crippen molar-refractivity contribution in [2.75, 3.05) is 6.54 Å². The lowest BCUT2D eigenvalue weighted by molar-refractivity contribution is -0.233. The highest BCUT2D eigenvalue weighted by molar-refractivity contribution is 5.50. The predicted octanol–water partition coefficient (Wildman–Crippen LogP) is 1.45. The van der Waals surface area contributed by atoms with E-state index in [9.17, 15) is 9.90 Å². The molecule has 1 aliphatic rings. The summed E-state index contributed by atoms with van der Waals surface area (Å²) in [7, 11) is 0. The minimum atomic E-state index is -0.313. The van der Waals surface area contributed by atoms with Crippen LogP contribution in [0.1, 0.15) is 33.6 Å². The van der Waals surface area contributed by atoms with Crippen molar-refractivity contribution in [1.82, 2.24) is 5.06 Å². The molecule has 1 atom stereocenters. The molecule has 1 heterocycles.